The second-order valence-corrected chi connectivity index (χ2v) is 5.28. The van der Waals surface area contributed by atoms with Crippen molar-refractivity contribution in [3.63, 3.8) is 0 Å². The summed E-state index contributed by atoms with van der Waals surface area (Å²) in [7, 11) is 1.70. The zero-order valence-electron chi connectivity index (χ0n) is 9.48. The number of rotatable bonds is 4. The molecule has 2 atom stereocenters. The molecule has 2 unspecified atom stereocenters. The van der Waals surface area contributed by atoms with E-state index >= 15 is 0 Å². The third-order valence-corrected chi connectivity index (χ3v) is 4.45. The molecular formula is C12H18N2OS. The Morgan fingerprint density at radius 2 is 2.31 bits per heavy atom. The van der Waals surface area contributed by atoms with Crippen molar-refractivity contribution in [2.45, 2.75) is 24.1 Å². The van der Waals surface area contributed by atoms with E-state index in [-0.39, 0.29) is 6.04 Å². The van der Waals surface area contributed by atoms with Crippen LogP contribution in [0.1, 0.15) is 24.4 Å². The van der Waals surface area contributed by atoms with E-state index in [1.807, 2.05) is 30.0 Å². The van der Waals surface area contributed by atoms with Crippen molar-refractivity contribution in [2.75, 3.05) is 12.9 Å². The van der Waals surface area contributed by atoms with E-state index in [1.54, 1.807) is 7.11 Å². The van der Waals surface area contributed by atoms with Crippen LogP contribution in [0.2, 0.25) is 0 Å². The normalized spacial score (nSPS) is 22.0. The van der Waals surface area contributed by atoms with Crippen molar-refractivity contribution in [1.82, 2.24) is 5.43 Å². The van der Waals surface area contributed by atoms with Crippen molar-refractivity contribution in [2.24, 2.45) is 5.84 Å². The molecular weight excluding hydrogens is 220 g/mol. The number of benzene rings is 1. The first-order valence-electron chi connectivity index (χ1n) is 5.57. The van der Waals surface area contributed by atoms with Gasteiger partial charge in [0.2, 0.25) is 0 Å². The second-order valence-electron chi connectivity index (χ2n) is 3.94. The van der Waals surface area contributed by atoms with Gasteiger partial charge in [0.15, 0.2) is 0 Å². The molecule has 3 N–H and O–H groups in total. The van der Waals surface area contributed by atoms with Gasteiger partial charge >= 0.3 is 0 Å². The molecule has 0 bridgehead atoms. The van der Waals surface area contributed by atoms with Crippen LogP contribution in [0.25, 0.3) is 0 Å². The molecule has 3 nitrogen and oxygen atoms in total. The Morgan fingerprint density at radius 3 is 2.94 bits per heavy atom. The van der Waals surface area contributed by atoms with Gasteiger partial charge in [0.1, 0.15) is 5.75 Å². The molecule has 0 aromatic heterocycles. The van der Waals surface area contributed by atoms with Crippen LogP contribution in [0.3, 0.4) is 0 Å². The summed E-state index contributed by atoms with van der Waals surface area (Å²) < 4.78 is 5.38. The van der Waals surface area contributed by atoms with Crippen molar-refractivity contribution in [1.29, 1.82) is 0 Å². The van der Waals surface area contributed by atoms with Gasteiger partial charge in [-0.25, -0.2) is 0 Å². The quantitative estimate of drug-likeness (QED) is 0.623. The first-order chi connectivity index (χ1) is 7.86. The van der Waals surface area contributed by atoms with E-state index in [9.17, 15) is 0 Å². The van der Waals surface area contributed by atoms with Gasteiger partial charge in [-0.15, -0.1) is 0 Å². The Hall–Kier alpha value is -0.710. The smallest absolute Gasteiger partial charge is 0.123 e. The molecule has 1 aromatic carbocycles. The fourth-order valence-electron chi connectivity index (χ4n) is 2.19. The summed E-state index contributed by atoms with van der Waals surface area (Å²) in [6, 6.07) is 8.27. The molecule has 16 heavy (non-hydrogen) atoms. The molecule has 0 aliphatic carbocycles. The lowest BCUT2D eigenvalue weighted by Gasteiger charge is -2.24. The number of ether oxygens (including phenoxy) is 1. The minimum Gasteiger partial charge on any atom is -0.496 e. The monoisotopic (exact) mass is 238 g/mol. The zero-order valence-corrected chi connectivity index (χ0v) is 10.3. The van der Waals surface area contributed by atoms with Crippen LogP contribution in [-0.4, -0.2) is 18.1 Å². The van der Waals surface area contributed by atoms with Crippen molar-refractivity contribution in [3.8, 4) is 5.75 Å². The van der Waals surface area contributed by atoms with Gasteiger partial charge < -0.3 is 4.74 Å². The standard InChI is InChI=1S/C12H18N2OS/c1-15-10-6-3-2-5-9(10)12(14-13)11-7-4-8-16-11/h2-3,5-6,11-12,14H,4,7-8,13H2,1H3. The molecule has 1 aliphatic rings. The number of nitrogens with one attached hydrogen (secondary N) is 1. The summed E-state index contributed by atoms with van der Waals surface area (Å²) in [5.74, 6) is 7.84. The predicted octanol–water partition coefficient (Wildman–Crippen LogP) is 2.10. The fraction of sp³-hybridized carbons (Fsp3) is 0.500. The van der Waals surface area contributed by atoms with Crippen LogP contribution in [0, 0.1) is 0 Å². The minimum atomic E-state index is 0.184. The molecule has 0 radical (unpaired) electrons. The summed E-state index contributed by atoms with van der Waals surface area (Å²) in [6.07, 6.45) is 2.50. The summed E-state index contributed by atoms with van der Waals surface area (Å²) in [6.45, 7) is 0. The molecule has 0 spiro atoms. The lowest BCUT2D eigenvalue weighted by atomic mass is 10.0. The van der Waals surface area contributed by atoms with Crippen molar-refractivity contribution < 1.29 is 4.74 Å². The highest BCUT2D eigenvalue weighted by Crippen LogP contribution is 2.38. The number of methoxy groups -OCH3 is 1. The Morgan fingerprint density at radius 1 is 1.50 bits per heavy atom. The van der Waals surface area contributed by atoms with Crippen molar-refractivity contribution >= 4 is 11.8 Å². The molecule has 2 rings (SSSR count). The number of hydrogen-bond acceptors (Lipinski definition) is 4. The van der Waals surface area contributed by atoms with Crippen LogP contribution in [-0.2, 0) is 0 Å². The first kappa shape index (κ1) is 11.8. The molecule has 0 amide bonds. The number of hydrogen-bond donors (Lipinski definition) is 2. The van der Waals surface area contributed by atoms with Crippen LogP contribution >= 0.6 is 11.8 Å². The summed E-state index contributed by atoms with van der Waals surface area (Å²) in [5.41, 5.74) is 4.09. The topological polar surface area (TPSA) is 47.3 Å². The number of para-hydroxylation sites is 1. The third-order valence-electron chi connectivity index (χ3n) is 2.99. The number of hydrazine groups is 1. The maximum absolute atomic E-state index is 5.69. The van der Waals surface area contributed by atoms with E-state index in [0.717, 1.165) is 11.3 Å². The number of nitrogens with two attached hydrogens (primary N) is 1. The average Bonchev–Trinajstić information content (AvgIpc) is 2.84. The molecule has 88 valence electrons. The molecule has 1 saturated heterocycles. The van der Waals surface area contributed by atoms with Gasteiger partial charge in [0, 0.05) is 10.8 Å². The Bertz CT molecular complexity index is 340. The SMILES string of the molecule is COc1ccccc1C(NN)C1CCCS1. The minimum absolute atomic E-state index is 0.184. The van der Waals surface area contributed by atoms with Crippen molar-refractivity contribution in [3.05, 3.63) is 29.8 Å². The molecule has 1 fully saturated rings. The van der Waals surface area contributed by atoms with Gasteiger partial charge in [0.05, 0.1) is 13.2 Å². The Labute approximate surface area is 101 Å². The maximum atomic E-state index is 5.69. The van der Waals surface area contributed by atoms with E-state index in [1.165, 1.54) is 18.6 Å². The van der Waals surface area contributed by atoms with Gasteiger partial charge in [-0.05, 0) is 24.7 Å². The molecule has 1 aliphatic heterocycles. The van der Waals surface area contributed by atoms with E-state index in [2.05, 4.69) is 11.5 Å². The lowest BCUT2D eigenvalue weighted by Crippen LogP contribution is -2.34. The molecule has 1 heterocycles. The average molecular weight is 238 g/mol. The summed E-state index contributed by atoms with van der Waals surface area (Å²) >= 11 is 1.99. The van der Waals surface area contributed by atoms with E-state index < -0.39 is 0 Å². The lowest BCUT2D eigenvalue weighted by molar-refractivity contribution is 0.397. The highest BCUT2D eigenvalue weighted by Gasteiger charge is 2.27. The largest absolute Gasteiger partial charge is 0.496 e. The zero-order chi connectivity index (χ0) is 11.4. The first-order valence-corrected chi connectivity index (χ1v) is 6.62. The molecule has 4 heteroatoms. The third kappa shape index (κ3) is 2.34. The van der Waals surface area contributed by atoms with Gasteiger partial charge in [-0.3, -0.25) is 11.3 Å². The van der Waals surface area contributed by atoms with Crippen LogP contribution in [0.4, 0.5) is 0 Å². The summed E-state index contributed by atoms with van der Waals surface area (Å²) in [4.78, 5) is 0. The van der Waals surface area contributed by atoms with Crippen LogP contribution in [0.15, 0.2) is 24.3 Å². The molecule has 0 saturated carbocycles. The van der Waals surface area contributed by atoms with E-state index in [4.69, 9.17) is 10.6 Å². The van der Waals surface area contributed by atoms with Gasteiger partial charge in [-0.1, -0.05) is 18.2 Å². The Kier molecular flexibility index (Phi) is 4.09. The highest BCUT2D eigenvalue weighted by molar-refractivity contribution is 8.00. The van der Waals surface area contributed by atoms with Crippen LogP contribution in [0.5, 0.6) is 5.75 Å². The predicted molar refractivity (Wildman–Crippen MR) is 68.5 cm³/mol. The maximum Gasteiger partial charge on any atom is 0.123 e. The van der Waals surface area contributed by atoms with E-state index in [0.29, 0.717) is 5.25 Å². The number of thioether (sulfide) groups is 1. The fourth-order valence-corrected chi connectivity index (χ4v) is 3.57. The van der Waals surface area contributed by atoms with Crippen LogP contribution < -0.4 is 16.0 Å². The highest BCUT2D eigenvalue weighted by atomic mass is 32.2. The molecule has 1 aromatic rings. The van der Waals surface area contributed by atoms with Gasteiger partial charge in [-0.2, -0.15) is 11.8 Å². The van der Waals surface area contributed by atoms with Gasteiger partial charge in [0.25, 0.3) is 0 Å². The summed E-state index contributed by atoms with van der Waals surface area (Å²) in [5, 5.41) is 0.557. The Balaban J connectivity index is 2.24. The second kappa shape index (κ2) is 5.57.